The van der Waals surface area contributed by atoms with E-state index in [0.29, 0.717) is 6.42 Å². The van der Waals surface area contributed by atoms with Crippen molar-refractivity contribution in [2.45, 2.75) is 136 Å². The molecule has 0 bridgehead atoms. The fourth-order valence-corrected chi connectivity index (χ4v) is 5.62. The predicted molar refractivity (Wildman–Crippen MR) is 139 cm³/mol. The molecule has 1 aromatic carbocycles. The van der Waals surface area contributed by atoms with Crippen LogP contribution < -0.4 is 0 Å². The maximum absolute atomic E-state index is 13.1. The first-order valence-electron chi connectivity index (χ1n) is 14.1. The number of hydrogen-bond acceptors (Lipinski definition) is 1. The molecule has 37 heavy (non-hydrogen) atoms. The maximum Gasteiger partial charge on any atom is 0.416 e. The molecule has 0 aliphatic heterocycles. The number of aryl methyl sites for hydroxylation is 1. The molecule has 0 saturated carbocycles. The summed E-state index contributed by atoms with van der Waals surface area (Å²) in [6.07, 6.45) is 2.56. The molecule has 0 aliphatic rings. The molecular formula is C30H48F6O. The standard InChI is InChI=1S/C30H48F6O/c1-6-7-8-9-10-14-17-25(28(37,22(2)3)23(4)5)18-15-12-11-13-16-24-19-26(29(31,32)33)21-27(20-24)30(34,35)36/h19-23,25,37H,6-18H2,1-5H3. The highest BCUT2D eigenvalue weighted by Gasteiger charge is 2.41. The Labute approximate surface area is 220 Å². The number of benzene rings is 1. The van der Waals surface area contributed by atoms with Crippen LogP contribution in [-0.2, 0) is 18.8 Å². The van der Waals surface area contributed by atoms with Crippen molar-refractivity contribution in [3.05, 3.63) is 34.9 Å². The van der Waals surface area contributed by atoms with Gasteiger partial charge in [0.05, 0.1) is 16.7 Å². The van der Waals surface area contributed by atoms with Gasteiger partial charge in [0.2, 0.25) is 0 Å². The zero-order valence-electron chi connectivity index (χ0n) is 23.4. The molecular weight excluding hydrogens is 490 g/mol. The van der Waals surface area contributed by atoms with Crippen molar-refractivity contribution in [1.82, 2.24) is 0 Å². The normalized spacial score (nSPS) is 14.1. The molecule has 0 saturated heterocycles. The minimum atomic E-state index is -4.81. The lowest BCUT2D eigenvalue weighted by Crippen LogP contribution is -2.47. The average Bonchev–Trinajstić information content (AvgIpc) is 2.79. The van der Waals surface area contributed by atoms with E-state index in [4.69, 9.17) is 0 Å². The van der Waals surface area contributed by atoms with Gasteiger partial charge in [-0.2, -0.15) is 26.3 Å². The molecule has 0 spiro atoms. The monoisotopic (exact) mass is 538 g/mol. The zero-order chi connectivity index (χ0) is 28.3. The summed E-state index contributed by atoms with van der Waals surface area (Å²) >= 11 is 0. The SMILES string of the molecule is CCCCCCCCC(CCCCCCc1cc(C(F)(F)F)cc(C(F)(F)F)c1)C(O)(C(C)C)C(C)C. The molecule has 1 aromatic rings. The number of rotatable bonds is 17. The van der Waals surface area contributed by atoms with Crippen molar-refractivity contribution in [1.29, 1.82) is 0 Å². The Bertz CT molecular complexity index is 726. The lowest BCUT2D eigenvalue weighted by molar-refractivity contribution is -0.143. The van der Waals surface area contributed by atoms with E-state index in [-0.39, 0.29) is 35.8 Å². The van der Waals surface area contributed by atoms with Gasteiger partial charge >= 0.3 is 12.4 Å². The summed E-state index contributed by atoms with van der Waals surface area (Å²) in [5.41, 5.74) is -3.19. The van der Waals surface area contributed by atoms with Crippen molar-refractivity contribution >= 4 is 0 Å². The molecule has 7 heteroatoms. The highest BCUT2D eigenvalue weighted by atomic mass is 19.4. The maximum atomic E-state index is 13.1. The topological polar surface area (TPSA) is 20.2 Å². The summed E-state index contributed by atoms with van der Waals surface area (Å²) in [6.45, 7) is 10.5. The van der Waals surface area contributed by atoms with E-state index in [2.05, 4.69) is 34.6 Å². The Kier molecular flexibility index (Phi) is 14.0. The smallest absolute Gasteiger partial charge is 0.389 e. The van der Waals surface area contributed by atoms with Crippen molar-refractivity contribution in [2.75, 3.05) is 0 Å². The summed E-state index contributed by atoms with van der Waals surface area (Å²) in [4.78, 5) is 0. The third-order valence-corrected chi connectivity index (χ3v) is 7.83. The van der Waals surface area contributed by atoms with Crippen LogP contribution in [0.25, 0.3) is 0 Å². The molecule has 0 amide bonds. The molecule has 0 fully saturated rings. The summed E-state index contributed by atoms with van der Waals surface area (Å²) in [5.74, 6) is 0.430. The Morgan fingerprint density at radius 2 is 1.03 bits per heavy atom. The van der Waals surface area contributed by atoms with E-state index in [1.54, 1.807) is 0 Å². The van der Waals surface area contributed by atoms with Crippen LogP contribution in [0.2, 0.25) is 0 Å². The van der Waals surface area contributed by atoms with E-state index in [0.717, 1.165) is 50.7 Å². The molecule has 0 radical (unpaired) electrons. The lowest BCUT2D eigenvalue weighted by Gasteiger charge is -2.43. The Hall–Kier alpha value is -1.24. The molecule has 1 N–H and O–H groups in total. The largest absolute Gasteiger partial charge is 0.416 e. The van der Waals surface area contributed by atoms with Crippen LogP contribution in [0.5, 0.6) is 0 Å². The number of alkyl halides is 6. The van der Waals surface area contributed by atoms with E-state index in [1.807, 2.05) is 0 Å². The van der Waals surface area contributed by atoms with Gasteiger partial charge in [-0.1, -0.05) is 92.4 Å². The van der Waals surface area contributed by atoms with Crippen LogP contribution in [0.4, 0.5) is 26.3 Å². The highest BCUT2D eigenvalue weighted by molar-refractivity contribution is 5.33. The average molecular weight is 539 g/mol. The molecule has 1 atom stereocenters. The summed E-state index contributed by atoms with van der Waals surface area (Å²) in [5, 5.41) is 11.6. The minimum Gasteiger partial charge on any atom is -0.389 e. The second-order valence-corrected chi connectivity index (χ2v) is 11.3. The molecule has 0 aromatic heterocycles. The van der Waals surface area contributed by atoms with E-state index in [1.165, 1.54) is 32.1 Å². The van der Waals surface area contributed by atoms with Crippen molar-refractivity contribution in [2.24, 2.45) is 17.8 Å². The van der Waals surface area contributed by atoms with Gasteiger partial charge in [-0.05, 0) is 67.2 Å². The summed E-state index contributed by atoms with van der Waals surface area (Å²) < 4.78 is 78.5. The fraction of sp³-hybridized carbons (Fsp3) is 0.800. The van der Waals surface area contributed by atoms with Gasteiger partial charge in [0.25, 0.3) is 0 Å². The van der Waals surface area contributed by atoms with E-state index in [9.17, 15) is 31.4 Å². The first-order chi connectivity index (χ1) is 17.1. The fourth-order valence-electron chi connectivity index (χ4n) is 5.62. The summed E-state index contributed by atoms with van der Waals surface area (Å²) in [7, 11) is 0. The highest BCUT2D eigenvalue weighted by Crippen LogP contribution is 2.40. The third-order valence-electron chi connectivity index (χ3n) is 7.83. The van der Waals surface area contributed by atoms with Crippen LogP contribution in [-0.4, -0.2) is 10.7 Å². The molecule has 1 unspecified atom stereocenters. The van der Waals surface area contributed by atoms with Crippen molar-refractivity contribution in [3.63, 3.8) is 0 Å². The number of aliphatic hydroxyl groups is 1. The zero-order valence-corrected chi connectivity index (χ0v) is 23.4. The van der Waals surface area contributed by atoms with E-state index < -0.39 is 29.1 Å². The Morgan fingerprint density at radius 3 is 1.43 bits per heavy atom. The quantitative estimate of drug-likeness (QED) is 0.154. The van der Waals surface area contributed by atoms with Gasteiger partial charge in [0, 0.05) is 0 Å². The number of hydrogen-bond donors (Lipinski definition) is 1. The lowest BCUT2D eigenvalue weighted by atomic mass is 9.68. The van der Waals surface area contributed by atoms with Crippen molar-refractivity contribution < 1.29 is 31.4 Å². The van der Waals surface area contributed by atoms with Gasteiger partial charge < -0.3 is 5.11 Å². The first-order valence-corrected chi connectivity index (χ1v) is 14.1. The van der Waals surface area contributed by atoms with Crippen LogP contribution in [0.3, 0.4) is 0 Å². The van der Waals surface area contributed by atoms with Gasteiger partial charge in [-0.25, -0.2) is 0 Å². The third kappa shape index (κ3) is 11.2. The molecule has 216 valence electrons. The van der Waals surface area contributed by atoms with Gasteiger partial charge in [-0.3, -0.25) is 0 Å². The Morgan fingerprint density at radius 1 is 0.622 bits per heavy atom. The second-order valence-electron chi connectivity index (χ2n) is 11.3. The minimum absolute atomic E-state index is 0.0668. The first kappa shape index (κ1) is 33.8. The molecule has 1 rings (SSSR count). The van der Waals surface area contributed by atoms with Gasteiger partial charge in [0.1, 0.15) is 0 Å². The number of halogens is 6. The second kappa shape index (κ2) is 15.4. The predicted octanol–water partition coefficient (Wildman–Crippen LogP) is 10.6. The van der Waals surface area contributed by atoms with Gasteiger partial charge in [0.15, 0.2) is 0 Å². The molecule has 1 nitrogen and oxygen atoms in total. The van der Waals surface area contributed by atoms with Crippen LogP contribution in [0.1, 0.15) is 128 Å². The Balaban J connectivity index is 2.68. The van der Waals surface area contributed by atoms with Gasteiger partial charge in [-0.15, -0.1) is 0 Å². The van der Waals surface area contributed by atoms with Crippen LogP contribution in [0.15, 0.2) is 18.2 Å². The molecule has 0 heterocycles. The number of unbranched alkanes of at least 4 members (excludes halogenated alkanes) is 8. The van der Waals surface area contributed by atoms with Crippen LogP contribution >= 0.6 is 0 Å². The van der Waals surface area contributed by atoms with E-state index >= 15 is 0 Å². The summed E-state index contributed by atoms with van der Waals surface area (Å²) in [6, 6.07) is 1.84. The van der Waals surface area contributed by atoms with Crippen LogP contribution in [0, 0.1) is 17.8 Å². The molecule has 0 aliphatic carbocycles. The van der Waals surface area contributed by atoms with Crippen molar-refractivity contribution in [3.8, 4) is 0 Å².